The molecule has 2 aromatic heterocycles. The number of hydrogen-bond donors (Lipinski definition) is 3. The Bertz CT molecular complexity index is 1350. The molecule has 4 aromatic rings. The van der Waals surface area contributed by atoms with Crippen LogP contribution in [0.2, 0.25) is 0 Å². The van der Waals surface area contributed by atoms with Crippen molar-refractivity contribution in [2.45, 2.75) is 19.3 Å². The van der Waals surface area contributed by atoms with Crippen molar-refractivity contribution >= 4 is 44.5 Å². The van der Waals surface area contributed by atoms with E-state index in [1.54, 1.807) is 18.3 Å². The van der Waals surface area contributed by atoms with Crippen LogP contribution in [0, 0.1) is 5.92 Å². The number of carbonyl (C=O) groups excluding carboxylic acids is 1. The van der Waals surface area contributed by atoms with E-state index in [9.17, 15) is 4.79 Å². The van der Waals surface area contributed by atoms with Crippen LogP contribution in [0.15, 0.2) is 65.3 Å². The first-order valence-corrected chi connectivity index (χ1v) is 13.0. The van der Waals surface area contributed by atoms with Crippen LogP contribution in [0.25, 0.3) is 11.0 Å². The van der Waals surface area contributed by atoms with Crippen molar-refractivity contribution < 1.29 is 9.53 Å². The number of pyridine rings is 1. The average Bonchev–Trinajstić information content (AvgIpc) is 3.20. The van der Waals surface area contributed by atoms with E-state index in [2.05, 4.69) is 36.9 Å². The number of anilines is 2. The number of fused-ring (bicyclic) bond motifs is 1. The molecule has 1 amide bonds. The lowest BCUT2D eigenvalue weighted by molar-refractivity contribution is 0.0945. The van der Waals surface area contributed by atoms with Gasteiger partial charge in [0.2, 0.25) is 5.95 Å². The molecule has 1 saturated heterocycles. The first-order valence-electron chi connectivity index (χ1n) is 12.2. The van der Waals surface area contributed by atoms with Crippen molar-refractivity contribution in [3.8, 4) is 11.5 Å². The van der Waals surface area contributed by atoms with Crippen LogP contribution in [-0.4, -0.2) is 40.1 Å². The number of aryl methyl sites for hydroxylation is 1. The number of piperidine rings is 1. The summed E-state index contributed by atoms with van der Waals surface area (Å²) in [6.07, 6.45) is 4.92. The summed E-state index contributed by atoms with van der Waals surface area (Å²) in [6.45, 7) is 2.78. The molecule has 9 heteroatoms. The van der Waals surface area contributed by atoms with Crippen LogP contribution >= 0.6 is 15.9 Å². The molecule has 0 saturated carbocycles. The number of benzene rings is 2. The van der Waals surface area contributed by atoms with Crippen molar-refractivity contribution in [3.63, 3.8) is 0 Å². The lowest BCUT2D eigenvalue weighted by Gasteiger charge is -2.22. The molecule has 1 aliphatic rings. The molecule has 8 nitrogen and oxygen atoms in total. The number of halogens is 1. The first-order chi connectivity index (χ1) is 17.5. The Hall–Kier alpha value is -3.43. The van der Waals surface area contributed by atoms with E-state index in [0.717, 1.165) is 46.7 Å². The van der Waals surface area contributed by atoms with E-state index in [-0.39, 0.29) is 5.91 Å². The minimum absolute atomic E-state index is 0.182. The second-order valence-corrected chi connectivity index (χ2v) is 9.91. The third-order valence-electron chi connectivity index (χ3n) is 6.45. The first kappa shape index (κ1) is 24.3. The number of nitrogens with one attached hydrogen (secondary N) is 3. The number of ether oxygens (including phenoxy) is 1. The maximum Gasteiger partial charge on any atom is 0.270 e. The zero-order valence-corrected chi connectivity index (χ0v) is 21.7. The Morgan fingerprint density at radius 3 is 2.69 bits per heavy atom. The van der Waals surface area contributed by atoms with Gasteiger partial charge in [0.05, 0.1) is 11.0 Å². The van der Waals surface area contributed by atoms with Crippen molar-refractivity contribution in [1.29, 1.82) is 0 Å². The van der Waals surface area contributed by atoms with E-state index < -0.39 is 0 Å². The second kappa shape index (κ2) is 11.1. The maximum atomic E-state index is 12.6. The van der Waals surface area contributed by atoms with E-state index in [0.29, 0.717) is 29.7 Å². The molecule has 0 aliphatic carbocycles. The molecule has 5 rings (SSSR count). The fourth-order valence-corrected chi connectivity index (χ4v) is 4.67. The molecule has 2 aromatic carbocycles. The number of nitrogens with zero attached hydrogens (tertiary/aromatic N) is 3. The summed E-state index contributed by atoms with van der Waals surface area (Å²) >= 11 is 3.46. The highest BCUT2D eigenvalue weighted by molar-refractivity contribution is 9.10. The van der Waals surface area contributed by atoms with Crippen molar-refractivity contribution in [2.75, 3.05) is 25.0 Å². The quantitative estimate of drug-likeness (QED) is 0.273. The van der Waals surface area contributed by atoms with Crippen LogP contribution in [-0.2, 0) is 7.05 Å². The minimum Gasteiger partial charge on any atom is -0.457 e. The Morgan fingerprint density at radius 1 is 1.11 bits per heavy atom. The summed E-state index contributed by atoms with van der Waals surface area (Å²) in [6, 6.07) is 17.1. The highest BCUT2D eigenvalue weighted by Gasteiger charge is 2.15. The topological polar surface area (TPSA) is 93.1 Å². The van der Waals surface area contributed by atoms with Gasteiger partial charge in [-0.05, 0) is 80.7 Å². The SMILES string of the molecule is Cn1c(Nc2ccc(Br)cc2)nc2cc(Oc3ccnc(C(=O)NCCC4CCNCC4)c3)ccc21. The number of amides is 1. The lowest BCUT2D eigenvalue weighted by atomic mass is 9.95. The fourth-order valence-electron chi connectivity index (χ4n) is 4.40. The summed E-state index contributed by atoms with van der Waals surface area (Å²) in [7, 11) is 1.97. The Morgan fingerprint density at radius 2 is 1.89 bits per heavy atom. The highest BCUT2D eigenvalue weighted by Crippen LogP contribution is 2.28. The van der Waals surface area contributed by atoms with Gasteiger partial charge in [-0.25, -0.2) is 4.98 Å². The van der Waals surface area contributed by atoms with Crippen molar-refractivity contribution in [3.05, 3.63) is 71.0 Å². The number of hydrogen-bond acceptors (Lipinski definition) is 6. The van der Waals surface area contributed by atoms with Gasteiger partial charge in [0.25, 0.3) is 5.91 Å². The van der Waals surface area contributed by atoms with Gasteiger partial charge in [0.15, 0.2) is 0 Å². The Balaban J connectivity index is 1.24. The predicted molar refractivity (Wildman–Crippen MR) is 145 cm³/mol. The monoisotopic (exact) mass is 548 g/mol. The maximum absolute atomic E-state index is 12.6. The molecule has 3 heterocycles. The zero-order chi connectivity index (χ0) is 24.9. The minimum atomic E-state index is -0.182. The summed E-state index contributed by atoms with van der Waals surface area (Å²) in [5.41, 5.74) is 3.08. The summed E-state index contributed by atoms with van der Waals surface area (Å²) in [5.74, 6) is 2.41. The van der Waals surface area contributed by atoms with Crippen LogP contribution in [0.4, 0.5) is 11.6 Å². The summed E-state index contributed by atoms with van der Waals surface area (Å²) in [4.78, 5) is 21.6. The molecular formula is C27H29BrN6O2. The lowest BCUT2D eigenvalue weighted by Crippen LogP contribution is -2.31. The van der Waals surface area contributed by atoms with Gasteiger partial charge >= 0.3 is 0 Å². The summed E-state index contributed by atoms with van der Waals surface area (Å²) in [5, 5.41) is 9.71. The molecular weight excluding hydrogens is 520 g/mol. The number of rotatable bonds is 8. The summed E-state index contributed by atoms with van der Waals surface area (Å²) < 4.78 is 9.08. The van der Waals surface area contributed by atoms with Crippen LogP contribution < -0.4 is 20.7 Å². The van der Waals surface area contributed by atoms with Gasteiger partial charge in [-0.2, -0.15) is 0 Å². The van der Waals surface area contributed by atoms with Gasteiger partial charge in [0.1, 0.15) is 17.2 Å². The van der Waals surface area contributed by atoms with Crippen molar-refractivity contribution in [1.82, 2.24) is 25.2 Å². The van der Waals surface area contributed by atoms with Crippen LogP contribution in [0.3, 0.4) is 0 Å². The van der Waals surface area contributed by atoms with Crippen molar-refractivity contribution in [2.24, 2.45) is 13.0 Å². The zero-order valence-electron chi connectivity index (χ0n) is 20.1. The second-order valence-electron chi connectivity index (χ2n) is 8.99. The predicted octanol–water partition coefficient (Wildman–Crippen LogP) is 5.39. The standard InChI is InChI=1S/C27H29BrN6O2/c1-34-25-7-6-21(16-23(25)33-27(34)32-20-4-2-19(28)3-5-20)36-22-11-15-30-24(17-22)26(35)31-14-10-18-8-12-29-13-9-18/h2-7,11,15-18,29H,8-10,12-14H2,1H3,(H,31,35)(H,32,33). The molecule has 1 fully saturated rings. The van der Waals surface area contributed by atoms with Gasteiger partial charge in [0, 0.05) is 42.1 Å². The molecule has 1 aliphatic heterocycles. The van der Waals surface area contributed by atoms with E-state index in [1.807, 2.05) is 54.1 Å². The van der Waals surface area contributed by atoms with E-state index in [1.165, 1.54) is 12.8 Å². The highest BCUT2D eigenvalue weighted by atomic mass is 79.9. The van der Waals surface area contributed by atoms with E-state index >= 15 is 0 Å². The normalized spacial score (nSPS) is 14.1. The Labute approximate surface area is 218 Å². The van der Waals surface area contributed by atoms with E-state index in [4.69, 9.17) is 9.72 Å². The van der Waals surface area contributed by atoms with Gasteiger partial charge in [-0.15, -0.1) is 0 Å². The molecule has 0 bridgehead atoms. The molecule has 3 N–H and O–H groups in total. The third kappa shape index (κ3) is 5.85. The van der Waals surface area contributed by atoms with Gasteiger partial charge < -0.3 is 25.3 Å². The molecule has 0 radical (unpaired) electrons. The molecule has 0 spiro atoms. The van der Waals surface area contributed by atoms with Gasteiger partial charge in [-0.1, -0.05) is 15.9 Å². The van der Waals surface area contributed by atoms with Gasteiger partial charge in [-0.3, -0.25) is 9.78 Å². The molecule has 186 valence electrons. The van der Waals surface area contributed by atoms with Crippen LogP contribution in [0.1, 0.15) is 29.8 Å². The number of carbonyl (C=O) groups is 1. The van der Waals surface area contributed by atoms with Crippen LogP contribution in [0.5, 0.6) is 11.5 Å². The number of imidazole rings is 1. The fraction of sp³-hybridized carbons (Fsp3) is 0.296. The number of aromatic nitrogens is 3. The largest absolute Gasteiger partial charge is 0.457 e. The smallest absolute Gasteiger partial charge is 0.270 e. The molecule has 0 unspecified atom stereocenters. The molecule has 36 heavy (non-hydrogen) atoms. The average molecular weight is 549 g/mol. The molecule has 0 atom stereocenters. The Kier molecular flexibility index (Phi) is 7.48. The third-order valence-corrected chi connectivity index (χ3v) is 6.98.